The highest BCUT2D eigenvalue weighted by Gasteiger charge is 2.09. The second kappa shape index (κ2) is 10.5. The van der Waals surface area contributed by atoms with Gasteiger partial charge in [-0.2, -0.15) is 5.10 Å². The number of thiocarbonyl (C=S) groups is 1. The predicted octanol–water partition coefficient (Wildman–Crippen LogP) is 1.39. The molecule has 1 saturated heterocycles. The number of nitro benzene ring substituents is 1. The van der Waals surface area contributed by atoms with Crippen molar-refractivity contribution in [3.05, 3.63) is 46.0 Å². The summed E-state index contributed by atoms with van der Waals surface area (Å²) in [7, 11) is 0. The van der Waals surface area contributed by atoms with E-state index in [-0.39, 0.29) is 5.69 Å². The van der Waals surface area contributed by atoms with Crippen LogP contribution in [0.5, 0.6) is 0 Å². The molecule has 0 aromatic heterocycles. The van der Waals surface area contributed by atoms with Crippen LogP contribution in [0, 0.1) is 10.1 Å². The second-order valence-electron chi connectivity index (χ2n) is 5.27. The largest absolute Gasteiger partial charge is 0.379 e. The molecule has 1 heterocycles. The van der Waals surface area contributed by atoms with E-state index in [1.54, 1.807) is 30.4 Å². The summed E-state index contributed by atoms with van der Waals surface area (Å²) in [6, 6.07) is 6.51. The number of para-hydroxylation sites is 1. The summed E-state index contributed by atoms with van der Waals surface area (Å²) in [5, 5.41) is 18.4. The number of nitro groups is 1. The Balaban J connectivity index is 1.68. The van der Waals surface area contributed by atoms with Crippen molar-refractivity contribution in [2.75, 3.05) is 39.4 Å². The molecule has 25 heavy (non-hydrogen) atoms. The Morgan fingerprint density at radius 3 is 2.92 bits per heavy atom. The van der Waals surface area contributed by atoms with E-state index in [2.05, 4.69) is 20.7 Å². The minimum atomic E-state index is -0.414. The molecule has 9 heteroatoms. The van der Waals surface area contributed by atoms with E-state index in [4.69, 9.17) is 17.0 Å². The van der Waals surface area contributed by atoms with Crippen LogP contribution in [-0.2, 0) is 4.74 Å². The minimum Gasteiger partial charge on any atom is -0.379 e. The fourth-order valence-electron chi connectivity index (χ4n) is 2.27. The zero-order chi connectivity index (χ0) is 17.9. The molecular weight excluding hydrogens is 342 g/mol. The van der Waals surface area contributed by atoms with Gasteiger partial charge in [0.2, 0.25) is 0 Å². The van der Waals surface area contributed by atoms with Crippen molar-refractivity contribution in [3.63, 3.8) is 0 Å². The highest BCUT2D eigenvalue weighted by atomic mass is 32.1. The molecule has 2 rings (SSSR count). The molecule has 2 N–H and O–H groups in total. The first kappa shape index (κ1) is 19.0. The van der Waals surface area contributed by atoms with Gasteiger partial charge in [0.15, 0.2) is 5.11 Å². The topological polar surface area (TPSA) is 92.0 Å². The van der Waals surface area contributed by atoms with Crippen LogP contribution in [0.2, 0.25) is 0 Å². The van der Waals surface area contributed by atoms with Crippen molar-refractivity contribution in [3.8, 4) is 0 Å². The van der Waals surface area contributed by atoms with Crippen molar-refractivity contribution in [2.24, 2.45) is 5.10 Å². The van der Waals surface area contributed by atoms with E-state index in [1.807, 2.05) is 0 Å². The molecule has 1 aliphatic rings. The Labute approximate surface area is 151 Å². The zero-order valence-corrected chi connectivity index (χ0v) is 14.6. The number of rotatable bonds is 7. The summed E-state index contributed by atoms with van der Waals surface area (Å²) in [6.07, 6.45) is 4.73. The zero-order valence-electron chi connectivity index (χ0n) is 13.8. The molecule has 1 aromatic rings. The highest BCUT2D eigenvalue weighted by molar-refractivity contribution is 7.80. The van der Waals surface area contributed by atoms with Crippen molar-refractivity contribution >= 4 is 35.3 Å². The van der Waals surface area contributed by atoms with Crippen LogP contribution < -0.4 is 10.7 Å². The number of benzene rings is 1. The van der Waals surface area contributed by atoms with Crippen molar-refractivity contribution in [1.29, 1.82) is 0 Å². The first-order valence-electron chi connectivity index (χ1n) is 7.94. The smallest absolute Gasteiger partial charge is 0.276 e. The number of nitrogens with one attached hydrogen (secondary N) is 2. The normalized spacial score (nSPS) is 15.5. The quantitative estimate of drug-likeness (QED) is 0.327. The van der Waals surface area contributed by atoms with Crippen LogP contribution in [0.25, 0.3) is 6.08 Å². The Bertz CT molecular complexity index is 644. The maximum absolute atomic E-state index is 10.9. The van der Waals surface area contributed by atoms with Crippen LogP contribution in [-0.4, -0.2) is 60.5 Å². The molecule has 1 aliphatic heterocycles. The van der Waals surface area contributed by atoms with E-state index in [0.29, 0.717) is 10.7 Å². The first-order chi connectivity index (χ1) is 12.2. The molecule has 1 fully saturated rings. The van der Waals surface area contributed by atoms with Gasteiger partial charge in [-0.1, -0.05) is 12.1 Å². The molecule has 8 nitrogen and oxygen atoms in total. The lowest BCUT2D eigenvalue weighted by Gasteiger charge is -2.26. The number of hydrazone groups is 1. The number of allylic oxidation sites excluding steroid dienone is 1. The van der Waals surface area contributed by atoms with E-state index >= 15 is 0 Å². The van der Waals surface area contributed by atoms with Crippen LogP contribution >= 0.6 is 12.2 Å². The van der Waals surface area contributed by atoms with E-state index < -0.39 is 4.92 Å². The van der Waals surface area contributed by atoms with Crippen LogP contribution in [0.3, 0.4) is 0 Å². The van der Waals surface area contributed by atoms with Gasteiger partial charge in [-0.25, -0.2) is 0 Å². The highest BCUT2D eigenvalue weighted by Crippen LogP contribution is 2.18. The van der Waals surface area contributed by atoms with Gasteiger partial charge in [0.1, 0.15) is 0 Å². The molecule has 0 spiro atoms. The average molecular weight is 363 g/mol. The van der Waals surface area contributed by atoms with Gasteiger partial charge in [0.05, 0.1) is 23.7 Å². The number of ether oxygens (including phenoxy) is 1. The van der Waals surface area contributed by atoms with Crippen LogP contribution in [0.15, 0.2) is 35.4 Å². The third-order valence-corrected chi connectivity index (χ3v) is 3.79. The monoisotopic (exact) mass is 363 g/mol. The molecular formula is C16H21N5O3S. The number of nitrogens with zero attached hydrogens (tertiary/aromatic N) is 3. The molecule has 0 aliphatic carbocycles. The summed E-state index contributed by atoms with van der Waals surface area (Å²) in [6.45, 7) is 5.06. The summed E-state index contributed by atoms with van der Waals surface area (Å²) in [4.78, 5) is 12.8. The second-order valence-corrected chi connectivity index (χ2v) is 5.68. The van der Waals surface area contributed by atoms with Gasteiger partial charge in [-0.05, 0) is 30.4 Å². The Morgan fingerprint density at radius 1 is 1.40 bits per heavy atom. The number of hydrogen-bond acceptors (Lipinski definition) is 6. The number of morpholine rings is 1. The number of hydrogen-bond donors (Lipinski definition) is 2. The molecule has 0 unspecified atom stereocenters. The third-order valence-electron chi connectivity index (χ3n) is 3.55. The third kappa shape index (κ3) is 6.96. The van der Waals surface area contributed by atoms with Crippen LogP contribution in [0.1, 0.15) is 5.56 Å². The van der Waals surface area contributed by atoms with Gasteiger partial charge in [-0.3, -0.25) is 20.4 Å². The van der Waals surface area contributed by atoms with Crippen LogP contribution in [0.4, 0.5) is 5.69 Å². The van der Waals surface area contributed by atoms with Crippen molar-refractivity contribution in [2.45, 2.75) is 0 Å². The Morgan fingerprint density at radius 2 is 2.16 bits per heavy atom. The van der Waals surface area contributed by atoms with E-state index in [1.165, 1.54) is 12.3 Å². The molecule has 0 bridgehead atoms. The molecule has 0 atom stereocenters. The molecule has 0 radical (unpaired) electrons. The molecule has 134 valence electrons. The summed E-state index contributed by atoms with van der Waals surface area (Å²) >= 11 is 5.13. The van der Waals surface area contributed by atoms with E-state index in [9.17, 15) is 10.1 Å². The lowest BCUT2D eigenvalue weighted by molar-refractivity contribution is -0.385. The van der Waals surface area contributed by atoms with Gasteiger partial charge in [0.25, 0.3) is 5.69 Å². The summed E-state index contributed by atoms with van der Waals surface area (Å²) in [5.41, 5.74) is 3.28. The lowest BCUT2D eigenvalue weighted by atomic mass is 10.2. The van der Waals surface area contributed by atoms with Crippen molar-refractivity contribution < 1.29 is 9.66 Å². The maximum atomic E-state index is 10.9. The van der Waals surface area contributed by atoms with Gasteiger partial charge < -0.3 is 10.1 Å². The molecule has 1 aromatic carbocycles. The Hall–Kier alpha value is -2.36. The van der Waals surface area contributed by atoms with Gasteiger partial charge in [-0.15, -0.1) is 0 Å². The Kier molecular flexibility index (Phi) is 7.96. The fraction of sp³-hybridized carbons (Fsp3) is 0.375. The lowest BCUT2D eigenvalue weighted by Crippen LogP contribution is -2.42. The maximum Gasteiger partial charge on any atom is 0.276 e. The molecule has 0 saturated carbocycles. The molecule has 0 amide bonds. The van der Waals surface area contributed by atoms with Crippen molar-refractivity contribution in [1.82, 2.24) is 15.6 Å². The van der Waals surface area contributed by atoms with Gasteiger partial charge in [0, 0.05) is 38.5 Å². The minimum absolute atomic E-state index is 0.0559. The summed E-state index contributed by atoms with van der Waals surface area (Å²) < 4.78 is 5.29. The standard InChI is InChI=1S/C16H21N5O3S/c22-21(23)15-6-2-1-4-14(15)5-3-7-18-19-16(25)17-8-9-20-10-12-24-13-11-20/h1-7H,8-13H2,(H2,17,19,25)/b5-3+,18-7+. The SMILES string of the molecule is O=[N+]([O-])c1ccccc1/C=C/C=N/NC(=S)NCCN1CCOCC1. The predicted molar refractivity (Wildman–Crippen MR) is 102 cm³/mol. The van der Waals surface area contributed by atoms with E-state index in [0.717, 1.165) is 39.4 Å². The average Bonchev–Trinajstić information content (AvgIpc) is 2.62. The fourth-order valence-corrected chi connectivity index (χ4v) is 2.43. The first-order valence-corrected chi connectivity index (χ1v) is 8.35. The van der Waals surface area contributed by atoms with Gasteiger partial charge >= 0.3 is 0 Å². The summed E-state index contributed by atoms with van der Waals surface area (Å²) in [5.74, 6) is 0.